The Bertz CT molecular complexity index is 646. The molecule has 0 saturated heterocycles. The molecular weight excluding hydrogens is 400 g/mol. The van der Waals surface area contributed by atoms with Gasteiger partial charge in [-0.25, -0.2) is 4.98 Å². The molecule has 0 bridgehead atoms. The van der Waals surface area contributed by atoms with E-state index in [-0.39, 0.29) is 6.54 Å². The number of nitrogens with two attached hydrogens (primary N) is 2. The molecule has 1 amide bonds. The van der Waals surface area contributed by atoms with E-state index in [1.807, 2.05) is 35.2 Å². The fourth-order valence-corrected chi connectivity index (χ4v) is 3.12. The van der Waals surface area contributed by atoms with E-state index in [2.05, 4.69) is 36.8 Å². The van der Waals surface area contributed by atoms with E-state index in [4.69, 9.17) is 11.5 Å². The van der Waals surface area contributed by atoms with Gasteiger partial charge in [0.2, 0.25) is 5.91 Å². The summed E-state index contributed by atoms with van der Waals surface area (Å²) in [4.78, 5) is 17.5. The van der Waals surface area contributed by atoms with Crippen LogP contribution in [0.15, 0.2) is 45.5 Å². The largest absolute Gasteiger partial charge is 0.399 e. The molecule has 0 spiro atoms. The van der Waals surface area contributed by atoms with Crippen molar-refractivity contribution in [2.24, 2.45) is 5.73 Å². The van der Waals surface area contributed by atoms with Gasteiger partial charge in [0.15, 0.2) is 0 Å². The number of aromatic nitrogens is 1. The smallest absolute Gasteiger partial charge is 0.237 e. The minimum Gasteiger partial charge on any atom is -0.399 e. The maximum absolute atomic E-state index is 11.3. The van der Waals surface area contributed by atoms with Crippen LogP contribution in [0.2, 0.25) is 0 Å². The van der Waals surface area contributed by atoms with Crippen LogP contribution in [0.3, 0.4) is 0 Å². The van der Waals surface area contributed by atoms with Crippen molar-refractivity contribution in [2.75, 3.05) is 17.2 Å². The highest BCUT2D eigenvalue weighted by molar-refractivity contribution is 9.11. The van der Waals surface area contributed by atoms with Gasteiger partial charge >= 0.3 is 0 Å². The molecule has 0 aliphatic heterocycles. The number of rotatable bonds is 5. The summed E-state index contributed by atoms with van der Waals surface area (Å²) in [5, 5.41) is 0. The zero-order valence-corrected chi connectivity index (χ0v) is 14.3. The first-order valence-corrected chi connectivity index (χ1v) is 7.73. The van der Waals surface area contributed by atoms with E-state index < -0.39 is 5.91 Å². The summed E-state index contributed by atoms with van der Waals surface area (Å²) in [6.45, 7) is 0.591. The van der Waals surface area contributed by atoms with Crippen molar-refractivity contribution in [3.05, 3.63) is 51.0 Å². The second-order valence-corrected chi connectivity index (χ2v) is 6.29. The Morgan fingerprint density at radius 1 is 1.24 bits per heavy atom. The summed E-state index contributed by atoms with van der Waals surface area (Å²) in [5.74, 6) is 0.246. The average molecular weight is 414 g/mol. The van der Waals surface area contributed by atoms with Crippen LogP contribution in [-0.2, 0) is 11.3 Å². The zero-order valence-electron chi connectivity index (χ0n) is 11.1. The molecule has 4 N–H and O–H groups in total. The molecule has 0 aliphatic carbocycles. The monoisotopic (exact) mass is 412 g/mol. The molecule has 0 atom stereocenters. The number of nitrogens with zero attached hydrogens (tertiary/aromatic N) is 2. The van der Waals surface area contributed by atoms with Crippen LogP contribution in [0.25, 0.3) is 0 Å². The Hall–Kier alpha value is -1.60. The first-order valence-electron chi connectivity index (χ1n) is 6.14. The van der Waals surface area contributed by atoms with Gasteiger partial charge in [-0.2, -0.15) is 0 Å². The van der Waals surface area contributed by atoms with Gasteiger partial charge in [0.25, 0.3) is 0 Å². The Morgan fingerprint density at radius 2 is 1.90 bits per heavy atom. The van der Waals surface area contributed by atoms with Gasteiger partial charge in [0.1, 0.15) is 5.82 Å². The number of halogens is 2. The lowest BCUT2D eigenvalue weighted by molar-refractivity contribution is -0.116. The summed E-state index contributed by atoms with van der Waals surface area (Å²) < 4.78 is 1.64. The van der Waals surface area contributed by atoms with Gasteiger partial charge in [-0.15, -0.1) is 0 Å². The number of hydrogen-bond acceptors (Lipinski definition) is 4. The summed E-state index contributed by atoms with van der Waals surface area (Å²) in [6, 6.07) is 9.34. The molecule has 1 aromatic carbocycles. The third-order valence-electron chi connectivity index (χ3n) is 2.79. The van der Waals surface area contributed by atoms with Gasteiger partial charge in [-0.1, -0.05) is 12.1 Å². The molecule has 2 aromatic rings. The number of carbonyl (C=O) groups excluding carboxylic acids is 1. The van der Waals surface area contributed by atoms with Gasteiger partial charge in [0, 0.05) is 22.9 Å². The molecule has 5 nitrogen and oxygen atoms in total. The van der Waals surface area contributed by atoms with E-state index >= 15 is 0 Å². The minimum absolute atomic E-state index is 0.0810. The molecule has 0 radical (unpaired) electrons. The van der Waals surface area contributed by atoms with Crippen molar-refractivity contribution in [3.8, 4) is 0 Å². The summed E-state index contributed by atoms with van der Waals surface area (Å²) in [7, 11) is 0. The Kier molecular flexibility index (Phi) is 5.19. The number of benzene rings is 1. The van der Waals surface area contributed by atoms with Crippen LogP contribution in [0.5, 0.6) is 0 Å². The lowest BCUT2D eigenvalue weighted by atomic mass is 10.2. The van der Waals surface area contributed by atoms with Crippen LogP contribution in [-0.4, -0.2) is 17.4 Å². The first kappa shape index (κ1) is 15.8. The molecule has 0 fully saturated rings. The van der Waals surface area contributed by atoms with Crippen molar-refractivity contribution < 1.29 is 4.79 Å². The number of nitrogen functional groups attached to an aromatic ring is 1. The highest BCUT2D eigenvalue weighted by Gasteiger charge is 2.15. The second-order valence-electron chi connectivity index (χ2n) is 4.52. The number of pyridine rings is 1. The molecule has 21 heavy (non-hydrogen) atoms. The molecule has 110 valence electrons. The summed E-state index contributed by atoms with van der Waals surface area (Å²) in [5.41, 5.74) is 12.7. The van der Waals surface area contributed by atoms with E-state index in [1.54, 1.807) is 6.20 Å². The molecule has 1 heterocycles. The van der Waals surface area contributed by atoms with Gasteiger partial charge in [-0.3, -0.25) is 4.79 Å². The second kappa shape index (κ2) is 6.91. The topological polar surface area (TPSA) is 85.2 Å². The van der Waals surface area contributed by atoms with Crippen molar-refractivity contribution in [1.29, 1.82) is 0 Å². The zero-order chi connectivity index (χ0) is 15.4. The standard InChI is InChI=1S/C14H14Br2N4O/c15-10-5-12(16)14(19-6-10)20(8-13(18)21)7-9-1-3-11(17)4-2-9/h1-6H,7-8,17H2,(H2,18,21). The Labute approximate surface area is 139 Å². The van der Waals surface area contributed by atoms with Crippen LogP contribution in [0.4, 0.5) is 11.5 Å². The maximum Gasteiger partial charge on any atom is 0.237 e. The average Bonchev–Trinajstić information content (AvgIpc) is 2.40. The van der Waals surface area contributed by atoms with Gasteiger partial charge < -0.3 is 16.4 Å². The molecule has 0 aliphatic rings. The number of primary amides is 1. The van der Waals surface area contributed by atoms with Crippen molar-refractivity contribution in [3.63, 3.8) is 0 Å². The fraction of sp³-hybridized carbons (Fsp3) is 0.143. The highest BCUT2D eigenvalue weighted by Crippen LogP contribution is 2.27. The maximum atomic E-state index is 11.3. The lowest BCUT2D eigenvalue weighted by Gasteiger charge is -2.23. The van der Waals surface area contributed by atoms with E-state index in [0.717, 1.165) is 14.5 Å². The first-order chi connectivity index (χ1) is 9.95. The van der Waals surface area contributed by atoms with Crippen LogP contribution in [0.1, 0.15) is 5.56 Å². The quantitative estimate of drug-likeness (QED) is 0.738. The summed E-state index contributed by atoms with van der Waals surface area (Å²) in [6.07, 6.45) is 1.68. The predicted molar refractivity (Wildman–Crippen MR) is 90.7 cm³/mol. The van der Waals surface area contributed by atoms with Gasteiger partial charge in [-0.05, 0) is 55.6 Å². The Morgan fingerprint density at radius 3 is 2.48 bits per heavy atom. The van der Waals surface area contributed by atoms with Crippen molar-refractivity contribution in [2.45, 2.75) is 6.54 Å². The summed E-state index contributed by atoms with van der Waals surface area (Å²) >= 11 is 6.81. The third kappa shape index (κ3) is 4.44. The minimum atomic E-state index is -0.415. The van der Waals surface area contributed by atoms with E-state index in [1.165, 1.54) is 0 Å². The van der Waals surface area contributed by atoms with E-state index in [9.17, 15) is 4.79 Å². The molecule has 1 aromatic heterocycles. The van der Waals surface area contributed by atoms with E-state index in [0.29, 0.717) is 18.1 Å². The van der Waals surface area contributed by atoms with Gasteiger partial charge in [0.05, 0.1) is 11.0 Å². The third-order valence-corrected chi connectivity index (χ3v) is 3.81. The number of carbonyl (C=O) groups is 1. The number of hydrogen-bond donors (Lipinski definition) is 2. The molecule has 0 saturated carbocycles. The van der Waals surface area contributed by atoms with Crippen molar-refractivity contribution >= 4 is 49.3 Å². The molecular formula is C14H14Br2N4O. The number of amides is 1. The molecule has 0 unspecified atom stereocenters. The number of anilines is 2. The highest BCUT2D eigenvalue weighted by atomic mass is 79.9. The van der Waals surface area contributed by atoms with Crippen LogP contribution in [0, 0.1) is 0 Å². The lowest BCUT2D eigenvalue weighted by Crippen LogP contribution is -2.34. The fourth-order valence-electron chi connectivity index (χ4n) is 1.88. The molecule has 2 rings (SSSR count). The Balaban J connectivity index is 2.29. The normalized spacial score (nSPS) is 10.4. The van der Waals surface area contributed by atoms with Crippen LogP contribution < -0.4 is 16.4 Å². The predicted octanol–water partition coefficient (Wildman–Crippen LogP) is 2.68. The molecule has 7 heteroatoms. The van der Waals surface area contributed by atoms with Crippen molar-refractivity contribution in [1.82, 2.24) is 4.98 Å². The van der Waals surface area contributed by atoms with Crippen LogP contribution >= 0.6 is 31.9 Å². The SMILES string of the molecule is NC(=O)CN(Cc1ccc(N)cc1)c1ncc(Br)cc1Br.